The molecule has 2 heterocycles. The molecule has 0 aliphatic rings. The maximum absolute atomic E-state index is 12.0. The van der Waals surface area contributed by atoms with Gasteiger partial charge in [0.15, 0.2) is 4.96 Å². The van der Waals surface area contributed by atoms with Gasteiger partial charge in [0, 0.05) is 17.1 Å². The van der Waals surface area contributed by atoms with Crippen molar-refractivity contribution >= 4 is 22.3 Å². The average molecular weight is 314 g/mol. The molecule has 0 atom stereocenters. The third kappa shape index (κ3) is 2.92. The summed E-state index contributed by atoms with van der Waals surface area (Å²) in [6.45, 7) is 3.84. The lowest BCUT2D eigenvalue weighted by molar-refractivity contribution is 0.0468. The average Bonchev–Trinajstić information content (AvgIpc) is 2.86. The summed E-state index contributed by atoms with van der Waals surface area (Å²) in [4.78, 5) is 29.8. The second kappa shape index (κ2) is 5.73. The Morgan fingerprint density at radius 2 is 2.00 bits per heavy atom. The van der Waals surface area contributed by atoms with Crippen molar-refractivity contribution in [3.8, 4) is 0 Å². The fraction of sp³-hybridized carbons (Fsp3) is 0.188. The van der Waals surface area contributed by atoms with Crippen LogP contribution in [0.4, 0.5) is 0 Å². The number of aromatic nitrogens is 2. The first-order chi connectivity index (χ1) is 10.5. The van der Waals surface area contributed by atoms with Crippen molar-refractivity contribution in [3.63, 3.8) is 0 Å². The first-order valence-corrected chi connectivity index (χ1v) is 7.57. The zero-order valence-electron chi connectivity index (χ0n) is 12.2. The van der Waals surface area contributed by atoms with E-state index in [0.29, 0.717) is 16.2 Å². The van der Waals surface area contributed by atoms with Gasteiger partial charge in [-0.2, -0.15) is 0 Å². The van der Waals surface area contributed by atoms with Crippen LogP contribution in [0.25, 0.3) is 4.96 Å². The monoisotopic (exact) mass is 314 g/mol. The highest BCUT2D eigenvalue weighted by molar-refractivity contribution is 7.16. The molecule has 0 fully saturated rings. The molecule has 1 aromatic carbocycles. The highest BCUT2D eigenvalue weighted by Crippen LogP contribution is 2.13. The maximum atomic E-state index is 12.0. The molecule has 0 bridgehead atoms. The fourth-order valence-corrected chi connectivity index (χ4v) is 2.89. The van der Waals surface area contributed by atoms with E-state index in [-0.39, 0.29) is 12.2 Å². The van der Waals surface area contributed by atoms with E-state index in [2.05, 4.69) is 4.98 Å². The van der Waals surface area contributed by atoms with Crippen molar-refractivity contribution in [1.82, 2.24) is 9.38 Å². The van der Waals surface area contributed by atoms with Crippen LogP contribution in [0.1, 0.15) is 26.5 Å². The molecule has 112 valence electrons. The quantitative estimate of drug-likeness (QED) is 0.697. The molecule has 6 heteroatoms. The molecule has 0 amide bonds. The summed E-state index contributed by atoms with van der Waals surface area (Å²) in [6, 6.07) is 8.52. The van der Waals surface area contributed by atoms with Gasteiger partial charge in [0.25, 0.3) is 5.56 Å². The van der Waals surface area contributed by atoms with Crippen molar-refractivity contribution in [3.05, 3.63) is 68.6 Å². The smallest absolute Gasteiger partial charge is 0.338 e. The van der Waals surface area contributed by atoms with Crippen LogP contribution in [-0.4, -0.2) is 15.4 Å². The molecule has 0 aliphatic heterocycles. The van der Waals surface area contributed by atoms with Gasteiger partial charge in [-0.3, -0.25) is 9.20 Å². The standard InChI is InChI=1S/C16H14N2O3S/c1-10-3-5-12(6-4-10)15(20)21-9-13-7-14(19)18-8-11(2)22-16(18)17-13/h3-8H,9H2,1-2H3. The summed E-state index contributed by atoms with van der Waals surface area (Å²) in [5.74, 6) is -0.427. The van der Waals surface area contributed by atoms with E-state index in [4.69, 9.17) is 4.74 Å². The molecule has 0 saturated carbocycles. The summed E-state index contributed by atoms with van der Waals surface area (Å²) in [5, 5.41) is 0. The Labute approximate surface area is 130 Å². The molecular weight excluding hydrogens is 300 g/mol. The van der Waals surface area contributed by atoms with Crippen LogP contribution in [0.3, 0.4) is 0 Å². The summed E-state index contributed by atoms with van der Waals surface area (Å²) in [6.07, 6.45) is 1.75. The van der Waals surface area contributed by atoms with E-state index < -0.39 is 5.97 Å². The molecule has 0 aliphatic carbocycles. The number of benzene rings is 1. The number of aryl methyl sites for hydroxylation is 2. The van der Waals surface area contributed by atoms with Gasteiger partial charge in [-0.25, -0.2) is 9.78 Å². The number of ether oxygens (including phenoxy) is 1. The van der Waals surface area contributed by atoms with E-state index in [0.717, 1.165) is 10.4 Å². The molecule has 0 radical (unpaired) electrons. The Hall–Kier alpha value is -2.47. The van der Waals surface area contributed by atoms with Gasteiger partial charge in [0.1, 0.15) is 6.61 Å². The van der Waals surface area contributed by atoms with Gasteiger partial charge in [0.2, 0.25) is 0 Å². The normalized spacial score (nSPS) is 10.8. The number of hydrogen-bond donors (Lipinski definition) is 0. The lowest BCUT2D eigenvalue weighted by Gasteiger charge is -2.05. The Balaban J connectivity index is 1.77. The second-order valence-electron chi connectivity index (χ2n) is 5.02. The van der Waals surface area contributed by atoms with Gasteiger partial charge in [0.05, 0.1) is 11.3 Å². The molecule has 0 N–H and O–H groups in total. The largest absolute Gasteiger partial charge is 0.456 e. The molecule has 2 aromatic heterocycles. The molecule has 0 unspecified atom stereocenters. The van der Waals surface area contributed by atoms with E-state index in [9.17, 15) is 9.59 Å². The van der Waals surface area contributed by atoms with Gasteiger partial charge in [-0.15, -0.1) is 11.3 Å². The van der Waals surface area contributed by atoms with Crippen molar-refractivity contribution in [2.75, 3.05) is 0 Å². The number of thiazole rings is 1. The van der Waals surface area contributed by atoms with Crippen LogP contribution >= 0.6 is 11.3 Å². The molecule has 3 aromatic rings. The SMILES string of the molecule is Cc1ccc(C(=O)OCc2cc(=O)n3cc(C)sc3n2)cc1. The maximum Gasteiger partial charge on any atom is 0.338 e. The van der Waals surface area contributed by atoms with E-state index in [1.54, 1.807) is 18.3 Å². The first kappa shape index (κ1) is 14.5. The van der Waals surface area contributed by atoms with Crippen LogP contribution < -0.4 is 5.56 Å². The van der Waals surface area contributed by atoms with Crippen LogP contribution in [0.15, 0.2) is 41.3 Å². The zero-order valence-corrected chi connectivity index (χ0v) is 13.0. The summed E-state index contributed by atoms with van der Waals surface area (Å²) >= 11 is 1.42. The van der Waals surface area contributed by atoms with Crippen molar-refractivity contribution in [2.24, 2.45) is 0 Å². The minimum Gasteiger partial charge on any atom is -0.456 e. The van der Waals surface area contributed by atoms with Crippen molar-refractivity contribution < 1.29 is 9.53 Å². The summed E-state index contributed by atoms with van der Waals surface area (Å²) in [5.41, 5.74) is 1.84. The van der Waals surface area contributed by atoms with Crippen LogP contribution in [0.2, 0.25) is 0 Å². The van der Waals surface area contributed by atoms with Gasteiger partial charge < -0.3 is 4.74 Å². The Morgan fingerprint density at radius 3 is 2.73 bits per heavy atom. The highest BCUT2D eigenvalue weighted by Gasteiger charge is 2.10. The van der Waals surface area contributed by atoms with E-state index >= 15 is 0 Å². The highest BCUT2D eigenvalue weighted by atomic mass is 32.1. The van der Waals surface area contributed by atoms with Gasteiger partial charge in [-0.1, -0.05) is 17.7 Å². The fourth-order valence-electron chi connectivity index (χ4n) is 2.04. The first-order valence-electron chi connectivity index (χ1n) is 6.75. The molecule has 22 heavy (non-hydrogen) atoms. The van der Waals surface area contributed by atoms with Crippen LogP contribution in [-0.2, 0) is 11.3 Å². The second-order valence-corrected chi connectivity index (χ2v) is 6.24. The third-order valence-corrected chi connectivity index (χ3v) is 4.07. The summed E-state index contributed by atoms with van der Waals surface area (Å²) < 4.78 is 6.71. The van der Waals surface area contributed by atoms with Gasteiger partial charge >= 0.3 is 5.97 Å². The minimum atomic E-state index is -0.427. The van der Waals surface area contributed by atoms with Crippen molar-refractivity contribution in [2.45, 2.75) is 20.5 Å². The third-order valence-electron chi connectivity index (χ3n) is 3.17. The van der Waals surface area contributed by atoms with Crippen molar-refractivity contribution in [1.29, 1.82) is 0 Å². The number of carbonyl (C=O) groups is 1. The molecule has 3 rings (SSSR count). The number of rotatable bonds is 3. The van der Waals surface area contributed by atoms with E-state index in [1.807, 2.05) is 26.0 Å². The van der Waals surface area contributed by atoms with Crippen LogP contribution in [0.5, 0.6) is 0 Å². The molecule has 5 nitrogen and oxygen atoms in total. The summed E-state index contributed by atoms with van der Waals surface area (Å²) in [7, 11) is 0. The minimum absolute atomic E-state index is 0.0185. The Bertz CT molecular complexity index is 894. The lowest BCUT2D eigenvalue weighted by atomic mass is 10.1. The van der Waals surface area contributed by atoms with Gasteiger partial charge in [-0.05, 0) is 26.0 Å². The number of fused-ring (bicyclic) bond motifs is 1. The van der Waals surface area contributed by atoms with E-state index in [1.165, 1.54) is 21.8 Å². The number of nitrogens with zero attached hydrogens (tertiary/aromatic N) is 2. The molecule has 0 saturated heterocycles. The predicted octanol–water partition coefficient (Wildman–Crippen LogP) is 2.73. The molecule has 0 spiro atoms. The molecular formula is C16H14N2O3S. The number of esters is 1. The topological polar surface area (TPSA) is 60.7 Å². The number of carbonyl (C=O) groups excluding carboxylic acids is 1. The number of hydrogen-bond acceptors (Lipinski definition) is 5. The lowest BCUT2D eigenvalue weighted by Crippen LogP contribution is -2.14. The van der Waals surface area contributed by atoms with Crippen LogP contribution in [0, 0.1) is 13.8 Å². The zero-order chi connectivity index (χ0) is 15.7. The Kier molecular flexibility index (Phi) is 3.77. The predicted molar refractivity (Wildman–Crippen MR) is 84.4 cm³/mol. The Morgan fingerprint density at radius 1 is 1.27 bits per heavy atom.